The molecule has 120 valence electrons. The molecule has 0 radical (unpaired) electrons. The lowest BCUT2D eigenvalue weighted by Crippen LogP contribution is -2.09. The van der Waals surface area contributed by atoms with E-state index < -0.39 is 0 Å². The average molecular weight is 338 g/mol. The molecule has 7 heteroatoms. The van der Waals surface area contributed by atoms with Gasteiger partial charge in [-0.05, 0) is 37.3 Å². The Balaban J connectivity index is 1.70. The number of H-pyrrole nitrogens is 1. The summed E-state index contributed by atoms with van der Waals surface area (Å²) in [5, 5.41) is 5.38. The van der Waals surface area contributed by atoms with E-state index in [0.29, 0.717) is 17.2 Å². The summed E-state index contributed by atoms with van der Waals surface area (Å²) in [5.74, 6) is 0.265. The Kier molecular flexibility index (Phi) is 4.62. The second-order valence-corrected chi connectivity index (χ2v) is 5.93. The van der Waals surface area contributed by atoms with Crippen LogP contribution < -0.4 is 10.9 Å². The molecule has 0 fully saturated rings. The molecule has 2 aromatic heterocycles. The Labute approximate surface area is 141 Å². The van der Waals surface area contributed by atoms with Crippen molar-refractivity contribution in [1.29, 1.82) is 0 Å². The topological polar surface area (TPSA) is 87.7 Å². The zero-order valence-corrected chi connectivity index (χ0v) is 13.6. The summed E-state index contributed by atoms with van der Waals surface area (Å²) >= 11 is 1.46. The number of carbonyl (C=O) groups excluding carboxylic acids is 1. The second-order valence-electron chi connectivity index (χ2n) is 5.01. The fourth-order valence-electron chi connectivity index (χ4n) is 2.07. The van der Waals surface area contributed by atoms with Crippen LogP contribution in [-0.4, -0.2) is 20.9 Å². The third-order valence-electron chi connectivity index (χ3n) is 3.12. The summed E-state index contributed by atoms with van der Waals surface area (Å²) in [6.07, 6.45) is 4.78. The van der Waals surface area contributed by atoms with Gasteiger partial charge in [0.25, 0.3) is 5.56 Å². The fourth-order valence-corrected chi connectivity index (χ4v) is 2.60. The highest BCUT2D eigenvalue weighted by molar-refractivity contribution is 7.10. The van der Waals surface area contributed by atoms with E-state index in [0.717, 1.165) is 10.6 Å². The number of aromatic nitrogens is 3. The lowest BCUT2D eigenvalue weighted by molar-refractivity contribution is -0.111. The molecule has 0 saturated heterocycles. The zero-order valence-electron chi connectivity index (χ0n) is 12.8. The van der Waals surface area contributed by atoms with E-state index in [4.69, 9.17) is 0 Å². The summed E-state index contributed by atoms with van der Waals surface area (Å²) in [4.78, 5) is 34.4. The number of thiazole rings is 1. The van der Waals surface area contributed by atoms with Gasteiger partial charge in [0.2, 0.25) is 5.91 Å². The highest BCUT2D eigenvalue weighted by atomic mass is 32.1. The molecule has 24 heavy (non-hydrogen) atoms. The van der Waals surface area contributed by atoms with Crippen LogP contribution in [0.3, 0.4) is 0 Å². The number of amides is 1. The number of carbonyl (C=O) groups is 1. The Hall–Kier alpha value is -3.06. The third kappa shape index (κ3) is 4.02. The van der Waals surface area contributed by atoms with Crippen LogP contribution in [0.4, 0.5) is 5.69 Å². The molecule has 6 nitrogen and oxygen atoms in total. The number of benzene rings is 1. The molecule has 0 saturated carbocycles. The minimum atomic E-state index is -0.236. The van der Waals surface area contributed by atoms with Gasteiger partial charge < -0.3 is 10.3 Å². The molecule has 3 rings (SSSR count). The molecule has 2 N–H and O–H groups in total. The lowest BCUT2D eigenvalue weighted by Gasteiger charge is -2.05. The van der Waals surface area contributed by atoms with E-state index in [1.165, 1.54) is 23.5 Å². The quantitative estimate of drug-likeness (QED) is 0.716. The van der Waals surface area contributed by atoms with E-state index in [1.807, 2.05) is 5.38 Å². The van der Waals surface area contributed by atoms with E-state index >= 15 is 0 Å². The maximum absolute atomic E-state index is 11.9. The first-order valence-electron chi connectivity index (χ1n) is 7.17. The van der Waals surface area contributed by atoms with Crippen LogP contribution in [0.1, 0.15) is 10.7 Å². The van der Waals surface area contributed by atoms with Crippen molar-refractivity contribution in [3.63, 3.8) is 0 Å². The highest BCUT2D eigenvalue weighted by Gasteiger charge is 2.03. The Bertz CT molecular complexity index is 928. The standard InChI is InChI=1S/C17H14N4O2S/c1-11-10-15(23)21-17(19-11)12-2-4-13(5-3-12)20-14(22)6-7-16-18-8-9-24-16/h2-10H,1H3,(H,20,22)(H,19,21,23)/b7-6-. The normalized spacial score (nSPS) is 10.9. The molecule has 2 heterocycles. The molecule has 0 unspecified atom stereocenters. The molecule has 0 bridgehead atoms. The summed E-state index contributed by atoms with van der Waals surface area (Å²) < 4.78 is 0. The van der Waals surface area contributed by atoms with E-state index in [1.54, 1.807) is 43.5 Å². The first kappa shape index (κ1) is 15.8. The van der Waals surface area contributed by atoms with Gasteiger partial charge in [0, 0.05) is 40.7 Å². The smallest absolute Gasteiger partial charge is 0.251 e. The third-order valence-corrected chi connectivity index (χ3v) is 3.87. The molecule has 1 amide bonds. The maximum Gasteiger partial charge on any atom is 0.251 e. The molecule has 3 aromatic rings. The Morgan fingerprint density at radius 2 is 2.08 bits per heavy atom. The minimum absolute atomic E-state index is 0.192. The molecule has 0 atom stereocenters. The van der Waals surface area contributed by atoms with E-state index in [-0.39, 0.29) is 11.5 Å². The van der Waals surface area contributed by atoms with Gasteiger partial charge in [-0.3, -0.25) is 9.59 Å². The van der Waals surface area contributed by atoms with Crippen LogP contribution >= 0.6 is 11.3 Å². The van der Waals surface area contributed by atoms with Gasteiger partial charge >= 0.3 is 0 Å². The van der Waals surface area contributed by atoms with Crippen molar-refractivity contribution in [1.82, 2.24) is 15.0 Å². The van der Waals surface area contributed by atoms with Gasteiger partial charge in [0.05, 0.1) is 0 Å². The van der Waals surface area contributed by atoms with Crippen molar-refractivity contribution < 1.29 is 4.79 Å². The SMILES string of the molecule is Cc1cc(=O)[nH]c(-c2ccc(NC(=O)/C=C\c3nccs3)cc2)n1. The minimum Gasteiger partial charge on any atom is -0.323 e. The van der Waals surface area contributed by atoms with Crippen molar-refractivity contribution in [3.8, 4) is 11.4 Å². The van der Waals surface area contributed by atoms with Crippen LogP contribution in [0, 0.1) is 6.92 Å². The van der Waals surface area contributed by atoms with Crippen molar-refractivity contribution in [2.24, 2.45) is 0 Å². The van der Waals surface area contributed by atoms with Gasteiger partial charge in [0.15, 0.2) is 0 Å². The summed E-state index contributed by atoms with van der Waals surface area (Å²) in [7, 11) is 0. The van der Waals surface area contributed by atoms with E-state index in [2.05, 4.69) is 20.3 Å². The monoisotopic (exact) mass is 338 g/mol. The number of aryl methyl sites for hydroxylation is 1. The van der Waals surface area contributed by atoms with Gasteiger partial charge in [-0.1, -0.05) is 0 Å². The number of hydrogen-bond donors (Lipinski definition) is 2. The number of anilines is 1. The van der Waals surface area contributed by atoms with Crippen LogP contribution in [0.15, 0.2) is 52.8 Å². The Morgan fingerprint density at radius 1 is 1.29 bits per heavy atom. The second kappa shape index (κ2) is 7.01. The number of rotatable bonds is 4. The number of hydrogen-bond acceptors (Lipinski definition) is 5. The molecule has 0 aliphatic rings. The predicted molar refractivity (Wildman–Crippen MR) is 94.8 cm³/mol. The summed E-state index contributed by atoms with van der Waals surface area (Å²) in [5.41, 5.74) is 1.88. The van der Waals surface area contributed by atoms with Crippen molar-refractivity contribution in [2.45, 2.75) is 6.92 Å². The highest BCUT2D eigenvalue weighted by Crippen LogP contribution is 2.17. The van der Waals surface area contributed by atoms with E-state index in [9.17, 15) is 9.59 Å². The number of nitrogens with zero attached hydrogens (tertiary/aromatic N) is 2. The lowest BCUT2D eigenvalue weighted by atomic mass is 10.2. The predicted octanol–water partition coefficient (Wildman–Crippen LogP) is 2.85. The summed E-state index contributed by atoms with van der Waals surface area (Å²) in [6.45, 7) is 1.77. The van der Waals surface area contributed by atoms with Gasteiger partial charge in [-0.2, -0.15) is 0 Å². The van der Waals surface area contributed by atoms with Crippen LogP contribution in [0.2, 0.25) is 0 Å². The van der Waals surface area contributed by atoms with Crippen LogP contribution in [0.25, 0.3) is 17.5 Å². The largest absolute Gasteiger partial charge is 0.323 e. The maximum atomic E-state index is 11.9. The molecular weight excluding hydrogens is 324 g/mol. The first-order valence-corrected chi connectivity index (χ1v) is 8.05. The molecule has 0 aliphatic carbocycles. The molecular formula is C17H14N4O2S. The van der Waals surface area contributed by atoms with Crippen molar-refractivity contribution in [3.05, 3.63) is 69.0 Å². The summed E-state index contributed by atoms with van der Waals surface area (Å²) in [6, 6.07) is 8.53. The van der Waals surface area contributed by atoms with Gasteiger partial charge in [0.1, 0.15) is 10.8 Å². The average Bonchev–Trinajstić information content (AvgIpc) is 3.06. The molecule has 0 aliphatic heterocycles. The van der Waals surface area contributed by atoms with Crippen molar-refractivity contribution in [2.75, 3.05) is 5.32 Å². The number of aromatic amines is 1. The molecule has 1 aromatic carbocycles. The van der Waals surface area contributed by atoms with Crippen LogP contribution in [0.5, 0.6) is 0 Å². The molecule has 0 spiro atoms. The van der Waals surface area contributed by atoms with Crippen LogP contribution in [-0.2, 0) is 4.79 Å². The van der Waals surface area contributed by atoms with Gasteiger partial charge in [-0.15, -0.1) is 11.3 Å². The zero-order chi connectivity index (χ0) is 16.9. The Morgan fingerprint density at radius 3 is 2.75 bits per heavy atom. The number of nitrogens with one attached hydrogen (secondary N) is 2. The van der Waals surface area contributed by atoms with Gasteiger partial charge in [-0.25, -0.2) is 9.97 Å². The fraction of sp³-hybridized carbons (Fsp3) is 0.0588. The first-order chi connectivity index (χ1) is 11.6. The van der Waals surface area contributed by atoms with Crippen molar-refractivity contribution >= 4 is 29.0 Å².